The molecular formula is C10H19F3N2. The molecule has 0 aromatic carbocycles. The smallest absolute Gasteiger partial charge is 0.315 e. The van der Waals surface area contributed by atoms with Gasteiger partial charge in [-0.05, 0) is 39.3 Å². The number of halogens is 3. The van der Waals surface area contributed by atoms with E-state index in [4.69, 9.17) is 0 Å². The third kappa shape index (κ3) is 5.37. The maximum Gasteiger partial charge on any atom is 0.389 e. The molecule has 0 radical (unpaired) electrons. The Hall–Kier alpha value is -0.290. The lowest BCUT2D eigenvalue weighted by molar-refractivity contribution is -0.135. The summed E-state index contributed by atoms with van der Waals surface area (Å²) < 4.78 is 35.5. The second kappa shape index (κ2) is 5.16. The van der Waals surface area contributed by atoms with Crippen LogP contribution in [0.2, 0.25) is 0 Å². The molecule has 15 heavy (non-hydrogen) atoms. The summed E-state index contributed by atoms with van der Waals surface area (Å²) in [6.45, 7) is 4.32. The molecule has 0 bridgehead atoms. The summed E-state index contributed by atoms with van der Waals surface area (Å²) in [4.78, 5) is 0. The number of nitrogens with one attached hydrogen (secondary N) is 2. The van der Waals surface area contributed by atoms with Gasteiger partial charge in [0.15, 0.2) is 0 Å². The van der Waals surface area contributed by atoms with Crippen molar-refractivity contribution in [2.24, 2.45) is 0 Å². The van der Waals surface area contributed by atoms with E-state index in [1.165, 1.54) is 0 Å². The van der Waals surface area contributed by atoms with Gasteiger partial charge in [-0.3, -0.25) is 0 Å². The molecule has 1 fully saturated rings. The van der Waals surface area contributed by atoms with E-state index < -0.39 is 12.6 Å². The third-order valence-corrected chi connectivity index (χ3v) is 2.79. The van der Waals surface area contributed by atoms with Crippen molar-refractivity contribution in [3.05, 3.63) is 0 Å². The van der Waals surface area contributed by atoms with Crippen LogP contribution in [0.25, 0.3) is 0 Å². The Morgan fingerprint density at radius 2 is 2.13 bits per heavy atom. The van der Waals surface area contributed by atoms with E-state index in [1.54, 1.807) is 0 Å². The molecule has 1 unspecified atom stereocenters. The zero-order valence-electron chi connectivity index (χ0n) is 9.08. The summed E-state index contributed by atoms with van der Waals surface area (Å²) in [7, 11) is 0. The molecule has 2 nitrogen and oxygen atoms in total. The zero-order chi connectivity index (χ0) is 11.4. The van der Waals surface area contributed by atoms with Crippen molar-refractivity contribution in [3.63, 3.8) is 0 Å². The van der Waals surface area contributed by atoms with Gasteiger partial charge in [-0.25, -0.2) is 0 Å². The van der Waals surface area contributed by atoms with E-state index >= 15 is 0 Å². The predicted octanol–water partition coefficient (Wildman–Crippen LogP) is 2.06. The summed E-state index contributed by atoms with van der Waals surface area (Å²) in [5.74, 6) is 0. The minimum absolute atomic E-state index is 0.0816. The molecule has 2 N–H and O–H groups in total. The lowest BCUT2D eigenvalue weighted by atomic mass is 10.0. The molecule has 1 saturated heterocycles. The van der Waals surface area contributed by atoms with E-state index in [2.05, 4.69) is 17.6 Å². The number of rotatable bonds is 5. The van der Waals surface area contributed by atoms with Gasteiger partial charge in [-0.2, -0.15) is 13.2 Å². The van der Waals surface area contributed by atoms with Gasteiger partial charge >= 0.3 is 6.18 Å². The summed E-state index contributed by atoms with van der Waals surface area (Å²) in [5, 5.41) is 6.43. The van der Waals surface area contributed by atoms with Crippen LogP contribution in [0.5, 0.6) is 0 Å². The van der Waals surface area contributed by atoms with Crippen LogP contribution in [-0.4, -0.2) is 31.3 Å². The summed E-state index contributed by atoms with van der Waals surface area (Å²) in [5.41, 5.74) is 0.0816. The second-order valence-electron chi connectivity index (χ2n) is 4.49. The van der Waals surface area contributed by atoms with Crippen LogP contribution in [0.15, 0.2) is 0 Å². The van der Waals surface area contributed by atoms with Gasteiger partial charge in [0, 0.05) is 18.5 Å². The van der Waals surface area contributed by atoms with Crippen LogP contribution in [0.4, 0.5) is 13.2 Å². The molecule has 0 amide bonds. The van der Waals surface area contributed by atoms with Gasteiger partial charge in [-0.1, -0.05) is 0 Å². The van der Waals surface area contributed by atoms with E-state index in [-0.39, 0.29) is 12.0 Å². The maximum absolute atomic E-state index is 11.8. The highest BCUT2D eigenvalue weighted by Gasteiger charge is 2.28. The Morgan fingerprint density at radius 1 is 1.40 bits per heavy atom. The van der Waals surface area contributed by atoms with Gasteiger partial charge in [-0.15, -0.1) is 0 Å². The highest BCUT2D eigenvalue weighted by Crippen LogP contribution is 2.21. The Kier molecular flexibility index (Phi) is 4.40. The molecule has 1 atom stereocenters. The zero-order valence-corrected chi connectivity index (χ0v) is 9.08. The maximum atomic E-state index is 11.8. The summed E-state index contributed by atoms with van der Waals surface area (Å²) >= 11 is 0. The van der Waals surface area contributed by atoms with Crippen LogP contribution in [0, 0.1) is 0 Å². The van der Waals surface area contributed by atoms with Crippen molar-refractivity contribution in [2.45, 2.75) is 44.3 Å². The normalized spacial score (nSPS) is 27.2. The largest absolute Gasteiger partial charge is 0.389 e. The minimum atomic E-state index is -4.02. The van der Waals surface area contributed by atoms with E-state index in [0.29, 0.717) is 6.54 Å². The fourth-order valence-corrected chi connectivity index (χ4v) is 1.89. The van der Waals surface area contributed by atoms with Crippen LogP contribution < -0.4 is 10.6 Å². The molecule has 1 heterocycles. The lowest BCUT2D eigenvalue weighted by Gasteiger charge is -2.24. The second-order valence-corrected chi connectivity index (χ2v) is 4.49. The molecule has 1 aliphatic rings. The van der Waals surface area contributed by atoms with Gasteiger partial charge in [0.2, 0.25) is 0 Å². The molecule has 0 aromatic heterocycles. The lowest BCUT2D eigenvalue weighted by Crippen LogP contribution is -2.45. The molecule has 90 valence electrons. The van der Waals surface area contributed by atoms with E-state index in [9.17, 15) is 13.2 Å². The van der Waals surface area contributed by atoms with Crippen LogP contribution in [-0.2, 0) is 0 Å². The number of hydrogen-bond acceptors (Lipinski definition) is 2. The molecule has 0 aliphatic carbocycles. The van der Waals surface area contributed by atoms with Gasteiger partial charge < -0.3 is 10.6 Å². The Morgan fingerprint density at radius 3 is 2.67 bits per heavy atom. The average Bonchev–Trinajstić information content (AvgIpc) is 2.50. The highest BCUT2D eigenvalue weighted by molar-refractivity contribution is 4.90. The first-order valence-corrected chi connectivity index (χ1v) is 5.44. The van der Waals surface area contributed by atoms with Crippen molar-refractivity contribution >= 4 is 0 Å². The Balaban J connectivity index is 2.02. The van der Waals surface area contributed by atoms with Crippen molar-refractivity contribution < 1.29 is 13.2 Å². The fourth-order valence-electron chi connectivity index (χ4n) is 1.89. The van der Waals surface area contributed by atoms with Crippen molar-refractivity contribution in [3.8, 4) is 0 Å². The van der Waals surface area contributed by atoms with Crippen LogP contribution in [0.1, 0.15) is 32.6 Å². The van der Waals surface area contributed by atoms with Crippen LogP contribution in [0.3, 0.4) is 0 Å². The molecule has 0 aromatic rings. The third-order valence-electron chi connectivity index (χ3n) is 2.79. The Bertz CT molecular complexity index is 186. The SMILES string of the molecule is CC1(CNCCCC(F)(F)F)CCCN1. The van der Waals surface area contributed by atoms with Gasteiger partial charge in [0.05, 0.1) is 0 Å². The summed E-state index contributed by atoms with van der Waals surface area (Å²) in [6.07, 6.45) is -2.29. The fraction of sp³-hybridized carbons (Fsp3) is 1.00. The molecule has 5 heteroatoms. The monoisotopic (exact) mass is 224 g/mol. The number of hydrogen-bond donors (Lipinski definition) is 2. The minimum Gasteiger partial charge on any atom is -0.315 e. The first-order valence-electron chi connectivity index (χ1n) is 5.44. The molecule has 1 rings (SSSR count). The van der Waals surface area contributed by atoms with E-state index in [1.807, 2.05) is 0 Å². The Labute approximate surface area is 88.6 Å². The van der Waals surface area contributed by atoms with Crippen LogP contribution >= 0.6 is 0 Å². The standard InChI is InChI=1S/C10H19F3N2/c1-9(4-2-7-15-9)8-14-6-3-5-10(11,12)13/h14-15H,2-8H2,1H3. The van der Waals surface area contributed by atoms with E-state index in [0.717, 1.165) is 25.9 Å². The van der Waals surface area contributed by atoms with Crippen molar-refractivity contribution in [1.29, 1.82) is 0 Å². The topological polar surface area (TPSA) is 24.1 Å². The highest BCUT2D eigenvalue weighted by atomic mass is 19.4. The first-order chi connectivity index (χ1) is 6.91. The molecular weight excluding hydrogens is 205 g/mol. The van der Waals surface area contributed by atoms with Crippen molar-refractivity contribution in [1.82, 2.24) is 10.6 Å². The molecule has 1 aliphatic heterocycles. The molecule has 0 spiro atoms. The average molecular weight is 224 g/mol. The van der Waals surface area contributed by atoms with Gasteiger partial charge in [0.1, 0.15) is 0 Å². The van der Waals surface area contributed by atoms with Gasteiger partial charge in [0.25, 0.3) is 0 Å². The molecule has 0 saturated carbocycles. The van der Waals surface area contributed by atoms with Crippen molar-refractivity contribution in [2.75, 3.05) is 19.6 Å². The predicted molar refractivity (Wildman–Crippen MR) is 53.8 cm³/mol. The summed E-state index contributed by atoms with van der Waals surface area (Å²) in [6, 6.07) is 0. The first kappa shape index (κ1) is 12.8. The number of alkyl halides is 3. The quantitative estimate of drug-likeness (QED) is 0.698.